The van der Waals surface area contributed by atoms with Crippen LogP contribution in [-0.4, -0.2) is 70.3 Å². The van der Waals surface area contributed by atoms with Gasteiger partial charge in [0.05, 0.1) is 19.3 Å². The molecule has 0 bridgehead atoms. The maximum atomic E-state index is 13.5. The number of likely N-dealkylation sites (tertiary alicyclic amines) is 1. The molecule has 1 aliphatic heterocycles. The number of carbonyl (C=O) groups excluding carboxylic acids is 2. The van der Waals surface area contributed by atoms with Gasteiger partial charge >= 0.3 is 11.9 Å². The van der Waals surface area contributed by atoms with E-state index in [0.29, 0.717) is 19.3 Å². The van der Waals surface area contributed by atoms with Crippen molar-refractivity contribution in [3.05, 3.63) is 46.0 Å². The molecule has 1 aliphatic carbocycles. The summed E-state index contributed by atoms with van der Waals surface area (Å²) >= 11 is 0. The number of ether oxygens (including phenoxy) is 1. The molecule has 11 heteroatoms. The molecule has 2 N–H and O–H groups in total. The zero-order valence-corrected chi connectivity index (χ0v) is 20.5. The first-order chi connectivity index (χ1) is 17.3. The Bertz CT molecular complexity index is 912. The molecule has 1 aromatic rings. The molecule has 0 spiro atoms. The normalized spacial score (nSPS) is 22.8. The van der Waals surface area contributed by atoms with Crippen LogP contribution in [0.25, 0.3) is 0 Å². The van der Waals surface area contributed by atoms with E-state index in [9.17, 15) is 29.6 Å². The van der Waals surface area contributed by atoms with E-state index in [2.05, 4.69) is 10.2 Å². The first-order valence-electron chi connectivity index (χ1n) is 12.6. The van der Waals surface area contributed by atoms with E-state index in [1.807, 2.05) is 30.3 Å². The quantitative estimate of drug-likeness (QED) is 0.178. The number of nitrogens with zero attached hydrogens (tertiary/aromatic N) is 2. The predicted octanol–water partition coefficient (Wildman–Crippen LogP) is 2.35. The number of esters is 1. The lowest BCUT2D eigenvalue weighted by atomic mass is 9.84. The highest BCUT2D eigenvalue weighted by molar-refractivity contribution is 5.88. The van der Waals surface area contributed by atoms with E-state index in [-0.39, 0.29) is 37.5 Å². The summed E-state index contributed by atoms with van der Waals surface area (Å²) in [6, 6.07) is 7.03. The molecule has 36 heavy (non-hydrogen) atoms. The van der Waals surface area contributed by atoms with Gasteiger partial charge in [0, 0.05) is 12.5 Å². The molecule has 1 amide bonds. The first-order valence-corrected chi connectivity index (χ1v) is 12.6. The van der Waals surface area contributed by atoms with Crippen LogP contribution in [0.2, 0.25) is 0 Å². The van der Waals surface area contributed by atoms with E-state index in [1.165, 1.54) is 4.90 Å². The van der Waals surface area contributed by atoms with Crippen LogP contribution in [0.3, 0.4) is 0 Å². The van der Waals surface area contributed by atoms with Crippen LogP contribution in [0.4, 0.5) is 0 Å². The van der Waals surface area contributed by atoms with Crippen molar-refractivity contribution >= 4 is 17.8 Å². The fourth-order valence-electron chi connectivity index (χ4n) is 5.29. The van der Waals surface area contributed by atoms with Gasteiger partial charge in [0.1, 0.15) is 12.1 Å². The summed E-state index contributed by atoms with van der Waals surface area (Å²) in [5, 5.41) is 22.2. The van der Waals surface area contributed by atoms with Gasteiger partial charge in [-0.3, -0.25) is 14.9 Å². The van der Waals surface area contributed by atoms with Crippen molar-refractivity contribution in [1.29, 1.82) is 0 Å². The number of hydrogen-bond acceptors (Lipinski definition) is 8. The van der Waals surface area contributed by atoms with Crippen LogP contribution < -0.4 is 5.32 Å². The number of carboxylic acids is 1. The molecule has 1 heterocycles. The second-order valence-electron chi connectivity index (χ2n) is 9.49. The van der Waals surface area contributed by atoms with Gasteiger partial charge in [-0.05, 0) is 50.5 Å². The van der Waals surface area contributed by atoms with Crippen molar-refractivity contribution in [3.8, 4) is 0 Å². The van der Waals surface area contributed by atoms with Gasteiger partial charge in [-0.2, -0.15) is 0 Å². The van der Waals surface area contributed by atoms with Crippen molar-refractivity contribution < 1.29 is 34.2 Å². The largest absolute Gasteiger partial charge is 0.480 e. The lowest BCUT2D eigenvalue weighted by Crippen LogP contribution is -2.55. The number of amides is 1. The number of aliphatic carboxylic acids is 1. The van der Waals surface area contributed by atoms with Crippen molar-refractivity contribution in [1.82, 2.24) is 10.2 Å². The maximum absolute atomic E-state index is 13.5. The average molecular weight is 506 g/mol. The van der Waals surface area contributed by atoms with Gasteiger partial charge in [0.25, 0.3) is 5.09 Å². The van der Waals surface area contributed by atoms with Crippen molar-refractivity contribution in [2.24, 2.45) is 5.92 Å². The molecule has 0 aromatic heterocycles. The third-order valence-corrected chi connectivity index (χ3v) is 7.03. The molecular weight excluding hydrogens is 470 g/mol. The molecule has 198 valence electrons. The molecule has 3 rings (SSSR count). The number of aryl methyl sites for hydroxylation is 1. The SMILES string of the molecule is CC(NC(CCc1ccccc1)C(=O)OCCCO[N+](=O)[O-])C(=O)N1C(C(=O)O)CC2CCCCC21. The van der Waals surface area contributed by atoms with E-state index >= 15 is 0 Å². The Morgan fingerprint density at radius 2 is 1.92 bits per heavy atom. The molecule has 0 radical (unpaired) electrons. The number of carbonyl (C=O) groups is 3. The van der Waals surface area contributed by atoms with E-state index in [0.717, 1.165) is 31.2 Å². The third-order valence-electron chi connectivity index (χ3n) is 7.03. The number of rotatable bonds is 13. The minimum absolute atomic E-state index is 0.0600. The summed E-state index contributed by atoms with van der Waals surface area (Å²) < 4.78 is 5.30. The summed E-state index contributed by atoms with van der Waals surface area (Å²) in [5.41, 5.74) is 1.02. The van der Waals surface area contributed by atoms with E-state index < -0.39 is 35.2 Å². The highest BCUT2D eigenvalue weighted by Gasteiger charge is 2.48. The van der Waals surface area contributed by atoms with Crippen LogP contribution in [0.1, 0.15) is 57.4 Å². The lowest BCUT2D eigenvalue weighted by Gasteiger charge is -2.35. The summed E-state index contributed by atoms with van der Waals surface area (Å²) in [6.07, 6.45) is 5.26. The Morgan fingerprint density at radius 1 is 1.19 bits per heavy atom. The minimum Gasteiger partial charge on any atom is -0.480 e. The Kier molecular flexibility index (Phi) is 10.0. The van der Waals surface area contributed by atoms with Crippen LogP contribution in [0.5, 0.6) is 0 Å². The van der Waals surface area contributed by atoms with Gasteiger partial charge in [-0.25, -0.2) is 4.79 Å². The number of benzene rings is 1. The molecule has 5 unspecified atom stereocenters. The molecule has 1 saturated carbocycles. The fraction of sp³-hybridized carbons (Fsp3) is 0.640. The molecule has 1 aromatic carbocycles. The Balaban J connectivity index is 1.65. The summed E-state index contributed by atoms with van der Waals surface area (Å²) in [6.45, 7) is 1.39. The Morgan fingerprint density at radius 3 is 2.61 bits per heavy atom. The van der Waals surface area contributed by atoms with Gasteiger partial charge < -0.3 is 19.6 Å². The Labute approximate surface area is 210 Å². The lowest BCUT2D eigenvalue weighted by molar-refractivity contribution is -0.757. The van der Waals surface area contributed by atoms with Crippen molar-refractivity contribution in [2.45, 2.75) is 82.5 Å². The van der Waals surface area contributed by atoms with Crippen molar-refractivity contribution in [3.63, 3.8) is 0 Å². The topological polar surface area (TPSA) is 148 Å². The standard InChI is InChI=1S/C25H35N3O8/c1-17(23(29)27-21-11-6-5-10-19(21)16-22(27)24(30)31)26-20(13-12-18-8-3-2-4-9-18)25(32)35-14-7-15-36-28(33)34/h2-4,8-9,17,19-22,26H,5-7,10-16H2,1H3,(H,30,31). The van der Waals surface area contributed by atoms with Crippen LogP contribution in [0, 0.1) is 16.0 Å². The smallest absolute Gasteiger partial charge is 0.326 e. The highest BCUT2D eigenvalue weighted by atomic mass is 16.9. The monoisotopic (exact) mass is 505 g/mol. The van der Waals surface area contributed by atoms with Gasteiger partial charge in [-0.15, -0.1) is 10.1 Å². The molecule has 2 fully saturated rings. The molecule has 2 aliphatic rings. The predicted molar refractivity (Wildman–Crippen MR) is 128 cm³/mol. The number of nitrogens with one attached hydrogen (secondary N) is 1. The van der Waals surface area contributed by atoms with Gasteiger partial charge in [-0.1, -0.05) is 43.2 Å². The summed E-state index contributed by atoms with van der Waals surface area (Å²) in [5.74, 6) is -1.70. The summed E-state index contributed by atoms with van der Waals surface area (Å²) in [7, 11) is 0. The highest BCUT2D eigenvalue weighted by Crippen LogP contribution is 2.40. The molecule has 5 atom stereocenters. The van der Waals surface area contributed by atoms with E-state index in [1.54, 1.807) is 6.92 Å². The maximum Gasteiger partial charge on any atom is 0.326 e. The zero-order chi connectivity index (χ0) is 26.1. The Hall–Kier alpha value is -3.21. The fourth-order valence-corrected chi connectivity index (χ4v) is 5.29. The average Bonchev–Trinajstić information content (AvgIpc) is 3.26. The van der Waals surface area contributed by atoms with Crippen LogP contribution in [-0.2, 0) is 30.4 Å². The minimum atomic E-state index is -0.998. The van der Waals surface area contributed by atoms with Crippen LogP contribution in [0.15, 0.2) is 30.3 Å². The number of carboxylic acid groups (broad SMARTS) is 1. The first kappa shape index (κ1) is 27.4. The second kappa shape index (κ2) is 13.2. The molecule has 1 saturated heterocycles. The van der Waals surface area contributed by atoms with Gasteiger partial charge in [0.15, 0.2) is 0 Å². The zero-order valence-electron chi connectivity index (χ0n) is 20.5. The second-order valence-corrected chi connectivity index (χ2v) is 9.49. The molecular formula is C25H35N3O8. The van der Waals surface area contributed by atoms with Crippen molar-refractivity contribution in [2.75, 3.05) is 13.2 Å². The molecule has 11 nitrogen and oxygen atoms in total. The van der Waals surface area contributed by atoms with E-state index in [4.69, 9.17) is 4.74 Å². The number of fused-ring (bicyclic) bond motifs is 1. The summed E-state index contributed by atoms with van der Waals surface area (Å²) in [4.78, 5) is 54.3. The number of hydrogen-bond donors (Lipinski definition) is 2. The van der Waals surface area contributed by atoms with Gasteiger partial charge in [0.2, 0.25) is 5.91 Å². The third kappa shape index (κ3) is 7.39. The van der Waals surface area contributed by atoms with Crippen LogP contribution >= 0.6 is 0 Å².